The monoisotopic (exact) mass is 232 g/mol. The largest absolute Gasteiger partial charge is 0.367 e. The minimum atomic E-state index is -0.187. The van der Waals surface area contributed by atoms with Crippen molar-refractivity contribution in [2.45, 2.75) is 25.2 Å². The summed E-state index contributed by atoms with van der Waals surface area (Å²) in [5.74, 6) is 0.549. The number of rotatable bonds is 1. The second kappa shape index (κ2) is 3.87. The predicted octanol–water partition coefficient (Wildman–Crippen LogP) is 2.67. The average Bonchev–Trinajstić information content (AvgIpc) is 2.71. The van der Waals surface area contributed by atoms with Crippen LogP contribution in [-0.2, 0) is 12.8 Å². The molecule has 88 valence electrons. The Bertz CT molecular complexity index is 550. The lowest BCUT2D eigenvalue weighted by Crippen LogP contribution is -2.13. The average molecular weight is 232 g/mol. The molecule has 0 amide bonds. The van der Waals surface area contributed by atoms with Gasteiger partial charge in [-0.1, -0.05) is 17.3 Å². The lowest BCUT2D eigenvalue weighted by molar-refractivity contribution is 0.424. The molecular formula is C13H13FN2O. The Kier molecular flexibility index (Phi) is 2.35. The molecule has 1 aliphatic rings. The van der Waals surface area contributed by atoms with E-state index in [1.165, 1.54) is 6.07 Å². The molecule has 0 fully saturated rings. The highest BCUT2D eigenvalue weighted by molar-refractivity contribution is 5.42. The number of anilines is 1. The Balaban J connectivity index is 1.89. The summed E-state index contributed by atoms with van der Waals surface area (Å²) in [7, 11) is 0. The highest BCUT2D eigenvalue weighted by Crippen LogP contribution is 2.34. The first-order valence-electron chi connectivity index (χ1n) is 5.72. The van der Waals surface area contributed by atoms with E-state index in [1.54, 1.807) is 12.1 Å². The zero-order chi connectivity index (χ0) is 11.8. The third-order valence-electron chi connectivity index (χ3n) is 3.40. The van der Waals surface area contributed by atoms with Crippen LogP contribution in [0.4, 0.5) is 10.3 Å². The van der Waals surface area contributed by atoms with Crippen LogP contribution in [0.3, 0.4) is 0 Å². The van der Waals surface area contributed by atoms with Gasteiger partial charge < -0.3 is 10.3 Å². The molecule has 3 rings (SSSR count). The molecule has 1 unspecified atom stereocenters. The van der Waals surface area contributed by atoms with Crippen molar-refractivity contribution in [2.75, 3.05) is 5.73 Å². The van der Waals surface area contributed by atoms with Gasteiger partial charge in [0.2, 0.25) is 5.88 Å². The third kappa shape index (κ3) is 1.79. The van der Waals surface area contributed by atoms with Crippen LogP contribution in [0.2, 0.25) is 0 Å². The van der Waals surface area contributed by atoms with E-state index in [4.69, 9.17) is 10.3 Å². The number of benzene rings is 1. The Labute approximate surface area is 98.4 Å². The quantitative estimate of drug-likeness (QED) is 0.822. The molecule has 4 heteroatoms. The van der Waals surface area contributed by atoms with Crippen molar-refractivity contribution in [2.24, 2.45) is 0 Å². The van der Waals surface area contributed by atoms with Gasteiger partial charge in [-0.2, -0.15) is 0 Å². The Morgan fingerprint density at radius 2 is 2.29 bits per heavy atom. The fraction of sp³-hybridized carbons (Fsp3) is 0.308. The Morgan fingerprint density at radius 3 is 3.12 bits per heavy atom. The lowest BCUT2D eigenvalue weighted by Gasteiger charge is -2.21. The molecule has 1 aromatic heterocycles. The molecule has 2 aromatic rings. The van der Waals surface area contributed by atoms with E-state index in [2.05, 4.69) is 5.16 Å². The van der Waals surface area contributed by atoms with E-state index in [1.807, 2.05) is 6.07 Å². The number of hydrogen-bond acceptors (Lipinski definition) is 3. The normalized spacial score (nSPS) is 19.0. The minimum absolute atomic E-state index is 0.187. The van der Waals surface area contributed by atoms with Gasteiger partial charge in [0, 0.05) is 12.0 Å². The van der Waals surface area contributed by atoms with Crippen LogP contribution in [0.25, 0.3) is 0 Å². The summed E-state index contributed by atoms with van der Waals surface area (Å²) in [6, 6.07) is 6.77. The maximum absolute atomic E-state index is 13.2. The number of aromatic nitrogens is 1. The van der Waals surface area contributed by atoms with Gasteiger partial charge in [0.25, 0.3) is 0 Å². The van der Waals surface area contributed by atoms with Crippen LogP contribution in [0.1, 0.15) is 29.2 Å². The first-order chi connectivity index (χ1) is 8.24. The Hall–Kier alpha value is -1.84. The number of nitrogens with zero attached hydrogens (tertiary/aromatic N) is 1. The molecule has 1 aromatic carbocycles. The number of nitrogen functional groups attached to an aromatic ring is 1. The lowest BCUT2D eigenvalue weighted by atomic mass is 9.83. The third-order valence-corrected chi connectivity index (χ3v) is 3.40. The van der Waals surface area contributed by atoms with Gasteiger partial charge in [0.15, 0.2) is 0 Å². The van der Waals surface area contributed by atoms with Gasteiger partial charge in [-0.15, -0.1) is 0 Å². The number of hydrogen-bond donors (Lipinski definition) is 1. The molecular weight excluding hydrogens is 219 g/mol. The summed E-state index contributed by atoms with van der Waals surface area (Å²) in [5.41, 5.74) is 8.65. The van der Waals surface area contributed by atoms with E-state index in [0.717, 1.165) is 36.1 Å². The predicted molar refractivity (Wildman–Crippen MR) is 62.1 cm³/mol. The van der Waals surface area contributed by atoms with E-state index in [0.29, 0.717) is 11.8 Å². The topological polar surface area (TPSA) is 52.0 Å². The van der Waals surface area contributed by atoms with Crippen LogP contribution < -0.4 is 5.73 Å². The second-order valence-electron chi connectivity index (χ2n) is 4.47. The van der Waals surface area contributed by atoms with Crippen LogP contribution in [0.15, 0.2) is 28.8 Å². The van der Waals surface area contributed by atoms with Crippen molar-refractivity contribution < 1.29 is 8.91 Å². The fourth-order valence-corrected chi connectivity index (χ4v) is 2.48. The maximum atomic E-state index is 13.2. The summed E-state index contributed by atoms with van der Waals surface area (Å²) in [6.07, 6.45) is 2.59. The number of fused-ring (bicyclic) bond motifs is 1. The first kappa shape index (κ1) is 10.3. The van der Waals surface area contributed by atoms with E-state index < -0.39 is 0 Å². The summed E-state index contributed by atoms with van der Waals surface area (Å²) < 4.78 is 18.1. The van der Waals surface area contributed by atoms with E-state index in [-0.39, 0.29) is 5.82 Å². The second-order valence-corrected chi connectivity index (χ2v) is 4.47. The molecule has 1 atom stereocenters. The Morgan fingerprint density at radius 1 is 1.41 bits per heavy atom. The highest BCUT2D eigenvalue weighted by Gasteiger charge is 2.25. The standard InChI is InChI=1S/C13H13FN2O/c14-10-3-1-2-8(6-10)9-4-5-11-12(7-9)16-17-13(11)15/h1-3,6,9H,4-5,7,15H2. The summed E-state index contributed by atoms with van der Waals surface area (Å²) >= 11 is 0. The molecule has 1 aliphatic carbocycles. The summed E-state index contributed by atoms with van der Waals surface area (Å²) in [6.45, 7) is 0. The van der Waals surface area contributed by atoms with Gasteiger partial charge in [0.05, 0.1) is 5.69 Å². The van der Waals surface area contributed by atoms with Crippen molar-refractivity contribution >= 4 is 5.88 Å². The van der Waals surface area contributed by atoms with Crippen LogP contribution in [0, 0.1) is 5.82 Å². The van der Waals surface area contributed by atoms with Crippen molar-refractivity contribution in [1.82, 2.24) is 5.16 Å². The SMILES string of the molecule is Nc1onc2c1CCC(c1cccc(F)c1)C2. The van der Waals surface area contributed by atoms with Gasteiger partial charge in [-0.05, 0) is 36.5 Å². The van der Waals surface area contributed by atoms with Gasteiger partial charge in [-0.25, -0.2) is 4.39 Å². The van der Waals surface area contributed by atoms with Gasteiger partial charge in [0.1, 0.15) is 5.82 Å². The molecule has 17 heavy (non-hydrogen) atoms. The van der Waals surface area contributed by atoms with Gasteiger partial charge in [-0.3, -0.25) is 0 Å². The van der Waals surface area contributed by atoms with Crippen molar-refractivity contribution in [1.29, 1.82) is 0 Å². The summed E-state index contributed by atoms with van der Waals surface area (Å²) in [4.78, 5) is 0. The minimum Gasteiger partial charge on any atom is -0.367 e. The van der Waals surface area contributed by atoms with Crippen LogP contribution in [0.5, 0.6) is 0 Å². The molecule has 2 N–H and O–H groups in total. The number of nitrogens with two attached hydrogens (primary N) is 1. The van der Waals surface area contributed by atoms with Crippen LogP contribution in [-0.4, -0.2) is 5.16 Å². The molecule has 0 aliphatic heterocycles. The van der Waals surface area contributed by atoms with E-state index in [9.17, 15) is 4.39 Å². The zero-order valence-corrected chi connectivity index (χ0v) is 9.32. The molecule has 1 heterocycles. The van der Waals surface area contributed by atoms with Crippen molar-refractivity contribution in [3.63, 3.8) is 0 Å². The highest BCUT2D eigenvalue weighted by atomic mass is 19.1. The fourth-order valence-electron chi connectivity index (χ4n) is 2.48. The molecule has 0 saturated carbocycles. The molecule has 0 radical (unpaired) electrons. The van der Waals surface area contributed by atoms with Crippen molar-refractivity contribution in [3.05, 3.63) is 46.9 Å². The molecule has 0 spiro atoms. The van der Waals surface area contributed by atoms with Crippen LogP contribution >= 0.6 is 0 Å². The smallest absolute Gasteiger partial charge is 0.225 e. The van der Waals surface area contributed by atoms with Crippen molar-refractivity contribution in [3.8, 4) is 0 Å². The molecule has 0 bridgehead atoms. The first-order valence-corrected chi connectivity index (χ1v) is 5.72. The maximum Gasteiger partial charge on any atom is 0.225 e. The molecule has 3 nitrogen and oxygen atoms in total. The summed E-state index contributed by atoms with van der Waals surface area (Å²) in [5, 5.41) is 3.96. The zero-order valence-electron chi connectivity index (χ0n) is 9.32. The van der Waals surface area contributed by atoms with Gasteiger partial charge >= 0.3 is 0 Å². The number of halogens is 1. The molecule has 0 saturated heterocycles. The van der Waals surface area contributed by atoms with E-state index >= 15 is 0 Å².